The van der Waals surface area contributed by atoms with Gasteiger partial charge in [0.05, 0.1) is 6.54 Å². The molecule has 0 fully saturated rings. The first kappa shape index (κ1) is 11.0. The third kappa shape index (κ3) is 2.44. The number of nitrogens with two attached hydrogens (primary N) is 1. The summed E-state index contributed by atoms with van der Waals surface area (Å²) >= 11 is 5.86. The molecule has 14 heavy (non-hydrogen) atoms. The molecule has 1 aromatic rings. The minimum atomic E-state index is -0.116. The van der Waals surface area contributed by atoms with Gasteiger partial charge in [-0.2, -0.15) is 0 Å². The third-order valence-electron chi connectivity index (χ3n) is 1.90. The molecular weight excluding hydrogens is 198 g/mol. The van der Waals surface area contributed by atoms with Crippen LogP contribution in [0.1, 0.15) is 22.8 Å². The van der Waals surface area contributed by atoms with Gasteiger partial charge in [-0.25, -0.2) is 0 Å². The number of hydrogen-bond donors (Lipinski definition) is 1. The summed E-state index contributed by atoms with van der Waals surface area (Å²) in [6.45, 7) is 5.65. The number of hydrogen-bond acceptors (Lipinski definition) is 2. The van der Waals surface area contributed by atoms with E-state index in [4.69, 9.17) is 17.3 Å². The van der Waals surface area contributed by atoms with Crippen LogP contribution in [0.5, 0.6) is 0 Å². The Bertz CT molecular complexity index is 385. The molecule has 0 aliphatic carbocycles. The zero-order chi connectivity index (χ0) is 10.7. The fraction of sp³-hybridized carbons (Fsp3) is 0.182. The third-order valence-corrected chi connectivity index (χ3v) is 2.12. The second-order valence-corrected chi connectivity index (χ2v) is 3.57. The number of carbonyl (C=O) groups excluding carboxylic acids is 1. The Morgan fingerprint density at radius 1 is 1.43 bits per heavy atom. The Hall–Kier alpha value is -1.12. The highest BCUT2D eigenvalue weighted by atomic mass is 35.5. The molecule has 0 atom stereocenters. The lowest BCUT2D eigenvalue weighted by molar-refractivity contribution is 0.100. The number of rotatable bonds is 3. The SMILES string of the molecule is C=C(C)c1cc(Cl)cc(C(=O)CN)c1. The van der Waals surface area contributed by atoms with E-state index in [-0.39, 0.29) is 12.3 Å². The number of ketones is 1. The van der Waals surface area contributed by atoms with Crippen molar-refractivity contribution in [2.24, 2.45) is 5.73 Å². The summed E-state index contributed by atoms with van der Waals surface area (Å²) < 4.78 is 0. The topological polar surface area (TPSA) is 43.1 Å². The summed E-state index contributed by atoms with van der Waals surface area (Å²) in [6, 6.07) is 5.14. The van der Waals surface area contributed by atoms with Crippen LogP contribution in [0, 0.1) is 0 Å². The van der Waals surface area contributed by atoms with Crippen molar-refractivity contribution in [2.75, 3.05) is 6.54 Å². The first-order chi connectivity index (χ1) is 6.54. The summed E-state index contributed by atoms with van der Waals surface area (Å²) in [5.74, 6) is -0.116. The minimum absolute atomic E-state index is 0.00400. The molecule has 0 aliphatic heterocycles. The summed E-state index contributed by atoms with van der Waals surface area (Å²) in [6.07, 6.45) is 0. The quantitative estimate of drug-likeness (QED) is 0.778. The summed E-state index contributed by atoms with van der Waals surface area (Å²) in [4.78, 5) is 11.3. The van der Waals surface area contributed by atoms with Gasteiger partial charge in [-0.1, -0.05) is 23.8 Å². The molecule has 0 amide bonds. The maximum atomic E-state index is 11.3. The van der Waals surface area contributed by atoms with Gasteiger partial charge in [-0.15, -0.1) is 0 Å². The van der Waals surface area contributed by atoms with E-state index >= 15 is 0 Å². The van der Waals surface area contributed by atoms with E-state index in [2.05, 4.69) is 6.58 Å². The van der Waals surface area contributed by atoms with Crippen molar-refractivity contribution < 1.29 is 4.79 Å². The predicted octanol–water partition coefficient (Wildman–Crippen LogP) is 2.51. The zero-order valence-corrected chi connectivity index (χ0v) is 8.77. The molecule has 0 saturated carbocycles. The molecule has 1 aromatic carbocycles. The maximum Gasteiger partial charge on any atom is 0.176 e. The van der Waals surface area contributed by atoms with Crippen molar-refractivity contribution in [2.45, 2.75) is 6.92 Å². The molecule has 3 heteroatoms. The molecule has 74 valence electrons. The summed E-state index contributed by atoms with van der Waals surface area (Å²) in [5, 5.41) is 0.530. The van der Waals surface area contributed by atoms with E-state index in [1.54, 1.807) is 18.2 Å². The smallest absolute Gasteiger partial charge is 0.176 e. The first-order valence-electron chi connectivity index (χ1n) is 4.24. The van der Waals surface area contributed by atoms with Gasteiger partial charge in [0.15, 0.2) is 5.78 Å². The maximum absolute atomic E-state index is 11.3. The largest absolute Gasteiger partial charge is 0.324 e. The van der Waals surface area contributed by atoms with Crippen LogP contribution in [0.25, 0.3) is 5.57 Å². The Morgan fingerprint density at radius 2 is 2.00 bits per heavy atom. The van der Waals surface area contributed by atoms with Crippen LogP contribution in [0.2, 0.25) is 5.02 Å². The van der Waals surface area contributed by atoms with E-state index in [1.807, 2.05) is 6.92 Å². The Labute approximate surface area is 88.4 Å². The van der Waals surface area contributed by atoms with Gasteiger partial charge < -0.3 is 5.73 Å². The van der Waals surface area contributed by atoms with Crippen LogP contribution < -0.4 is 5.73 Å². The highest BCUT2D eigenvalue weighted by molar-refractivity contribution is 6.31. The summed E-state index contributed by atoms with van der Waals surface area (Å²) in [5.41, 5.74) is 7.55. The zero-order valence-electron chi connectivity index (χ0n) is 8.01. The van der Waals surface area contributed by atoms with E-state index in [0.29, 0.717) is 10.6 Å². The van der Waals surface area contributed by atoms with Crippen molar-refractivity contribution in [3.63, 3.8) is 0 Å². The number of carbonyl (C=O) groups is 1. The Kier molecular flexibility index (Phi) is 3.44. The highest BCUT2D eigenvalue weighted by Crippen LogP contribution is 2.20. The van der Waals surface area contributed by atoms with Gasteiger partial charge in [-0.3, -0.25) is 4.79 Å². The molecule has 2 nitrogen and oxygen atoms in total. The van der Waals surface area contributed by atoms with Gasteiger partial charge in [0.2, 0.25) is 0 Å². The lowest BCUT2D eigenvalue weighted by Gasteiger charge is -2.04. The van der Waals surface area contributed by atoms with Gasteiger partial charge in [0.1, 0.15) is 0 Å². The van der Waals surface area contributed by atoms with E-state index in [1.165, 1.54) is 0 Å². The molecule has 0 bridgehead atoms. The standard InChI is InChI=1S/C11H12ClNO/c1-7(2)8-3-9(11(14)6-13)5-10(12)4-8/h3-5H,1,6,13H2,2H3. The van der Waals surface area contributed by atoms with Crippen molar-refractivity contribution in [1.82, 2.24) is 0 Å². The fourth-order valence-electron chi connectivity index (χ4n) is 1.11. The highest BCUT2D eigenvalue weighted by Gasteiger charge is 2.06. The normalized spacial score (nSPS) is 9.93. The van der Waals surface area contributed by atoms with E-state index in [9.17, 15) is 4.79 Å². The van der Waals surface area contributed by atoms with Crippen molar-refractivity contribution in [3.8, 4) is 0 Å². The fourth-order valence-corrected chi connectivity index (χ4v) is 1.35. The molecule has 0 saturated heterocycles. The minimum Gasteiger partial charge on any atom is -0.324 e. The van der Waals surface area contributed by atoms with Gasteiger partial charge in [-0.05, 0) is 30.7 Å². The van der Waals surface area contributed by atoms with Gasteiger partial charge >= 0.3 is 0 Å². The Morgan fingerprint density at radius 3 is 2.50 bits per heavy atom. The Balaban J connectivity index is 3.20. The van der Waals surface area contributed by atoms with Gasteiger partial charge in [0.25, 0.3) is 0 Å². The first-order valence-corrected chi connectivity index (χ1v) is 4.62. The van der Waals surface area contributed by atoms with Crippen LogP contribution in [0.3, 0.4) is 0 Å². The molecule has 0 aromatic heterocycles. The van der Waals surface area contributed by atoms with Crippen molar-refractivity contribution >= 4 is 23.0 Å². The number of halogens is 1. The number of Topliss-reactive ketones (excluding diaryl/α,β-unsaturated/α-hetero) is 1. The van der Waals surface area contributed by atoms with Crippen LogP contribution >= 0.6 is 11.6 Å². The van der Waals surface area contributed by atoms with E-state index < -0.39 is 0 Å². The van der Waals surface area contributed by atoms with Crippen LogP contribution in [0.4, 0.5) is 0 Å². The predicted molar refractivity (Wildman–Crippen MR) is 59.5 cm³/mol. The average Bonchev–Trinajstić information content (AvgIpc) is 2.15. The molecule has 0 aliphatic rings. The molecular formula is C11H12ClNO. The molecule has 2 N–H and O–H groups in total. The van der Waals surface area contributed by atoms with Crippen LogP contribution in [-0.4, -0.2) is 12.3 Å². The molecule has 1 rings (SSSR count). The van der Waals surface area contributed by atoms with Crippen molar-refractivity contribution in [1.29, 1.82) is 0 Å². The van der Waals surface area contributed by atoms with Crippen LogP contribution in [0.15, 0.2) is 24.8 Å². The summed E-state index contributed by atoms with van der Waals surface area (Å²) in [7, 11) is 0. The molecule has 0 heterocycles. The van der Waals surface area contributed by atoms with Crippen LogP contribution in [-0.2, 0) is 0 Å². The van der Waals surface area contributed by atoms with E-state index in [0.717, 1.165) is 11.1 Å². The molecule has 0 spiro atoms. The van der Waals surface area contributed by atoms with Crippen molar-refractivity contribution in [3.05, 3.63) is 40.9 Å². The van der Waals surface area contributed by atoms with Gasteiger partial charge in [0, 0.05) is 10.6 Å². The average molecular weight is 210 g/mol. The second-order valence-electron chi connectivity index (χ2n) is 3.14. The number of allylic oxidation sites excluding steroid dienone is 1. The lowest BCUT2D eigenvalue weighted by Crippen LogP contribution is -2.13. The molecule has 0 unspecified atom stereocenters. The number of benzene rings is 1. The lowest BCUT2D eigenvalue weighted by atomic mass is 10.0. The second kappa shape index (κ2) is 4.40. The molecule has 0 radical (unpaired) electrons. The monoisotopic (exact) mass is 209 g/mol.